The van der Waals surface area contributed by atoms with Gasteiger partial charge in [0.2, 0.25) is 0 Å². The SMILES string of the molecule is COc1ccc(C)cc1-n1ccc(C(=O)N(C)CC(=O)O)n1. The second kappa shape index (κ2) is 6.30. The number of benzene rings is 1. The van der Waals surface area contributed by atoms with Crippen LogP contribution in [0.25, 0.3) is 5.69 Å². The van der Waals surface area contributed by atoms with Gasteiger partial charge in [-0.25, -0.2) is 4.68 Å². The Hall–Kier alpha value is -2.83. The molecule has 2 rings (SSSR count). The zero-order chi connectivity index (χ0) is 16.3. The molecule has 1 aromatic heterocycles. The number of likely N-dealkylation sites (N-methyl/N-ethyl adjacent to an activating group) is 1. The summed E-state index contributed by atoms with van der Waals surface area (Å²) in [5, 5.41) is 12.9. The molecule has 0 aliphatic carbocycles. The second-order valence-corrected chi connectivity index (χ2v) is 4.88. The number of ether oxygens (including phenoxy) is 1. The highest BCUT2D eigenvalue weighted by Gasteiger charge is 2.18. The van der Waals surface area contributed by atoms with Crippen molar-refractivity contribution in [3.63, 3.8) is 0 Å². The van der Waals surface area contributed by atoms with E-state index in [9.17, 15) is 9.59 Å². The lowest BCUT2D eigenvalue weighted by Gasteiger charge is -2.12. The van der Waals surface area contributed by atoms with Gasteiger partial charge in [0.05, 0.1) is 7.11 Å². The lowest BCUT2D eigenvalue weighted by Crippen LogP contribution is -2.32. The fraction of sp³-hybridized carbons (Fsp3) is 0.267. The Morgan fingerprint density at radius 3 is 2.73 bits per heavy atom. The molecule has 0 radical (unpaired) electrons. The Bertz CT molecular complexity index is 709. The average Bonchev–Trinajstić information content (AvgIpc) is 2.95. The third-order valence-corrected chi connectivity index (χ3v) is 3.11. The van der Waals surface area contributed by atoms with Gasteiger partial charge in [-0.1, -0.05) is 6.07 Å². The van der Waals surface area contributed by atoms with Gasteiger partial charge in [-0.15, -0.1) is 0 Å². The largest absolute Gasteiger partial charge is 0.494 e. The molecule has 0 atom stereocenters. The number of carbonyl (C=O) groups is 2. The highest BCUT2D eigenvalue weighted by atomic mass is 16.5. The number of hydrogen-bond acceptors (Lipinski definition) is 4. The monoisotopic (exact) mass is 303 g/mol. The number of aromatic nitrogens is 2. The summed E-state index contributed by atoms with van der Waals surface area (Å²) in [5.41, 5.74) is 1.91. The van der Waals surface area contributed by atoms with Gasteiger partial charge in [-0.2, -0.15) is 5.10 Å². The molecule has 2 aromatic rings. The first-order chi connectivity index (χ1) is 10.4. The fourth-order valence-corrected chi connectivity index (χ4v) is 2.02. The van der Waals surface area contributed by atoms with Gasteiger partial charge in [-0.3, -0.25) is 9.59 Å². The number of nitrogens with zero attached hydrogens (tertiary/aromatic N) is 3. The highest BCUT2D eigenvalue weighted by Crippen LogP contribution is 2.23. The third-order valence-electron chi connectivity index (χ3n) is 3.11. The molecule has 1 N–H and O–H groups in total. The van der Waals surface area contributed by atoms with Crippen molar-refractivity contribution in [1.82, 2.24) is 14.7 Å². The van der Waals surface area contributed by atoms with E-state index in [2.05, 4.69) is 5.10 Å². The number of amides is 1. The summed E-state index contributed by atoms with van der Waals surface area (Å²) in [5.74, 6) is -0.894. The van der Waals surface area contributed by atoms with E-state index in [4.69, 9.17) is 9.84 Å². The van der Waals surface area contributed by atoms with Crippen molar-refractivity contribution in [2.75, 3.05) is 20.7 Å². The summed E-state index contributed by atoms with van der Waals surface area (Å²) in [4.78, 5) is 23.9. The minimum absolute atomic E-state index is 0.173. The van der Waals surface area contributed by atoms with Crippen LogP contribution in [0.1, 0.15) is 16.1 Å². The molecule has 7 nitrogen and oxygen atoms in total. The highest BCUT2D eigenvalue weighted by molar-refractivity contribution is 5.93. The predicted molar refractivity (Wildman–Crippen MR) is 79.4 cm³/mol. The Morgan fingerprint density at radius 1 is 1.36 bits per heavy atom. The van der Waals surface area contributed by atoms with Crippen LogP contribution in [-0.4, -0.2) is 52.4 Å². The first kappa shape index (κ1) is 15.6. The van der Waals surface area contributed by atoms with Gasteiger partial charge in [0.15, 0.2) is 5.69 Å². The number of hydrogen-bond donors (Lipinski definition) is 1. The van der Waals surface area contributed by atoms with E-state index in [-0.39, 0.29) is 12.2 Å². The molecule has 0 fully saturated rings. The normalized spacial score (nSPS) is 10.3. The lowest BCUT2D eigenvalue weighted by atomic mass is 10.2. The summed E-state index contributed by atoms with van der Waals surface area (Å²) in [6, 6.07) is 7.17. The van der Waals surface area contributed by atoms with Gasteiger partial charge < -0.3 is 14.7 Å². The lowest BCUT2D eigenvalue weighted by molar-refractivity contribution is -0.137. The first-order valence-electron chi connectivity index (χ1n) is 6.60. The van der Waals surface area contributed by atoms with Crippen molar-refractivity contribution >= 4 is 11.9 Å². The number of rotatable bonds is 5. The van der Waals surface area contributed by atoms with Crippen molar-refractivity contribution in [3.05, 3.63) is 41.7 Å². The zero-order valence-corrected chi connectivity index (χ0v) is 12.6. The molecule has 0 spiro atoms. The average molecular weight is 303 g/mol. The Kier molecular flexibility index (Phi) is 4.45. The van der Waals surface area contributed by atoms with Crippen molar-refractivity contribution < 1.29 is 19.4 Å². The maximum Gasteiger partial charge on any atom is 0.323 e. The van der Waals surface area contributed by atoms with E-state index < -0.39 is 11.9 Å². The summed E-state index contributed by atoms with van der Waals surface area (Å²) in [6.07, 6.45) is 1.64. The number of carboxylic acids is 1. The molecule has 22 heavy (non-hydrogen) atoms. The standard InChI is InChI=1S/C15H17N3O4/c1-10-4-5-13(22-3)12(8-10)18-7-6-11(16-18)15(21)17(2)9-14(19)20/h4-8H,9H2,1-3H3,(H,19,20). The van der Waals surface area contributed by atoms with Crippen LogP contribution in [0, 0.1) is 6.92 Å². The van der Waals surface area contributed by atoms with E-state index in [0.29, 0.717) is 11.4 Å². The van der Waals surface area contributed by atoms with Crippen LogP contribution in [0.5, 0.6) is 5.75 Å². The molecule has 1 aromatic carbocycles. The van der Waals surface area contributed by atoms with Gasteiger partial charge in [-0.05, 0) is 30.7 Å². The van der Waals surface area contributed by atoms with Crippen LogP contribution in [0.4, 0.5) is 0 Å². The van der Waals surface area contributed by atoms with E-state index in [1.165, 1.54) is 11.7 Å². The van der Waals surface area contributed by atoms with Crippen LogP contribution in [0.3, 0.4) is 0 Å². The molecule has 7 heteroatoms. The van der Waals surface area contributed by atoms with Crippen LogP contribution >= 0.6 is 0 Å². The maximum absolute atomic E-state index is 12.1. The van der Waals surface area contributed by atoms with Crippen LogP contribution in [0.15, 0.2) is 30.5 Å². The van der Waals surface area contributed by atoms with Crippen molar-refractivity contribution in [3.8, 4) is 11.4 Å². The molecule has 1 heterocycles. The zero-order valence-electron chi connectivity index (χ0n) is 12.6. The molecule has 116 valence electrons. The molecule has 0 saturated heterocycles. The van der Waals surface area contributed by atoms with Crippen molar-refractivity contribution in [2.24, 2.45) is 0 Å². The Morgan fingerprint density at radius 2 is 2.09 bits per heavy atom. The van der Waals surface area contributed by atoms with E-state index >= 15 is 0 Å². The second-order valence-electron chi connectivity index (χ2n) is 4.88. The minimum Gasteiger partial charge on any atom is -0.494 e. The number of methoxy groups -OCH3 is 1. The third kappa shape index (κ3) is 3.25. The smallest absolute Gasteiger partial charge is 0.323 e. The number of carboxylic acid groups (broad SMARTS) is 1. The van der Waals surface area contributed by atoms with Gasteiger partial charge >= 0.3 is 5.97 Å². The summed E-state index contributed by atoms with van der Waals surface area (Å²) < 4.78 is 6.83. The molecule has 0 saturated carbocycles. The molecular formula is C15H17N3O4. The number of aryl methyl sites for hydroxylation is 1. The van der Waals surface area contributed by atoms with E-state index in [1.807, 2.05) is 25.1 Å². The summed E-state index contributed by atoms with van der Waals surface area (Å²) in [6.45, 7) is 1.57. The minimum atomic E-state index is -1.07. The van der Waals surface area contributed by atoms with Crippen molar-refractivity contribution in [1.29, 1.82) is 0 Å². The molecule has 0 unspecified atom stereocenters. The summed E-state index contributed by atoms with van der Waals surface area (Å²) in [7, 11) is 2.98. The maximum atomic E-state index is 12.1. The molecule has 0 aliphatic heterocycles. The number of aliphatic carboxylic acids is 1. The Balaban J connectivity index is 2.30. The van der Waals surface area contributed by atoms with Gasteiger partial charge in [0.1, 0.15) is 18.0 Å². The van der Waals surface area contributed by atoms with Crippen LogP contribution < -0.4 is 4.74 Å². The van der Waals surface area contributed by atoms with Crippen LogP contribution in [-0.2, 0) is 4.79 Å². The van der Waals surface area contributed by atoms with Gasteiger partial charge in [0, 0.05) is 13.2 Å². The summed E-state index contributed by atoms with van der Waals surface area (Å²) >= 11 is 0. The van der Waals surface area contributed by atoms with E-state index in [1.54, 1.807) is 19.4 Å². The van der Waals surface area contributed by atoms with Crippen molar-refractivity contribution in [2.45, 2.75) is 6.92 Å². The molecule has 0 aliphatic rings. The quantitative estimate of drug-likeness (QED) is 0.901. The molecular weight excluding hydrogens is 286 g/mol. The number of carbonyl (C=O) groups excluding carboxylic acids is 1. The van der Waals surface area contributed by atoms with Gasteiger partial charge in [0.25, 0.3) is 5.91 Å². The van der Waals surface area contributed by atoms with E-state index in [0.717, 1.165) is 10.5 Å². The Labute approximate surface area is 127 Å². The molecule has 0 bridgehead atoms. The predicted octanol–water partition coefficient (Wildman–Crippen LogP) is 1.35. The fourth-order valence-electron chi connectivity index (χ4n) is 2.02. The van der Waals surface area contributed by atoms with Crippen LogP contribution in [0.2, 0.25) is 0 Å². The topological polar surface area (TPSA) is 84.7 Å². The first-order valence-corrected chi connectivity index (χ1v) is 6.60. The molecule has 1 amide bonds.